The number of urea groups is 1. The van der Waals surface area contributed by atoms with E-state index in [1.165, 1.54) is 0 Å². The Bertz CT molecular complexity index is 1540. The number of aryl methyl sites for hydroxylation is 1. The summed E-state index contributed by atoms with van der Waals surface area (Å²) in [5.41, 5.74) is 1.85. The lowest BCUT2D eigenvalue weighted by atomic mass is 9.76. The van der Waals surface area contributed by atoms with E-state index in [1.54, 1.807) is 39.1 Å². The molecule has 3 heterocycles. The number of carboxylic acids is 1. The van der Waals surface area contributed by atoms with Crippen molar-refractivity contribution in [3.8, 4) is 11.1 Å². The van der Waals surface area contributed by atoms with E-state index in [-0.39, 0.29) is 13.0 Å². The minimum absolute atomic E-state index is 0.130. The van der Waals surface area contributed by atoms with Crippen LogP contribution in [0.2, 0.25) is 0 Å². The van der Waals surface area contributed by atoms with Gasteiger partial charge in [0.15, 0.2) is 0 Å². The molecule has 4 amide bonds. The first-order chi connectivity index (χ1) is 20.4. The topological polar surface area (TPSA) is 132 Å². The van der Waals surface area contributed by atoms with Crippen molar-refractivity contribution in [3.05, 3.63) is 84.2 Å². The quantitative estimate of drug-likeness (QED) is 0.359. The molecule has 2 fully saturated rings. The Morgan fingerprint density at radius 3 is 2.35 bits per heavy atom. The molecule has 3 atom stereocenters. The zero-order valence-corrected chi connectivity index (χ0v) is 24.8. The number of piperidine rings is 1. The first-order valence-corrected chi connectivity index (χ1v) is 14.4. The number of nitrogens with zero attached hydrogens (tertiary/aromatic N) is 3. The molecule has 1 spiro atoms. The molecule has 2 aliphatic heterocycles. The Morgan fingerprint density at radius 1 is 1.05 bits per heavy atom. The minimum atomic E-state index is -1.53. The molecule has 5 rings (SSSR count). The van der Waals surface area contributed by atoms with Crippen molar-refractivity contribution in [2.24, 2.45) is 11.3 Å². The first-order valence-electron chi connectivity index (χ1n) is 14.4. The number of carboxylic acid groups (broad SMARTS) is 1. The summed E-state index contributed by atoms with van der Waals surface area (Å²) >= 11 is 0. The zero-order chi connectivity index (χ0) is 30.9. The lowest BCUT2D eigenvalue weighted by molar-refractivity contribution is -0.147. The number of imide groups is 1. The van der Waals surface area contributed by atoms with E-state index in [2.05, 4.69) is 15.6 Å². The Labute approximate surface area is 251 Å². The lowest BCUT2D eigenvalue weighted by Gasteiger charge is -2.43. The van der Waals surface area contributed by atoms with Crippen LogP contribution in [0.5, 0.6) is 0 Å². The summed E-state index contributed by atoms with van der Waals surface area (Å²) < 4.78 is 0. The van der Waals surface area contributed by atoms with Crippen molar-refractivity contribution in [2.45, 2.75) is 52.2 Å². The summed E-state index contributed by atoms with van der Waals surface area (Å²) in [5, 5.41) is 15.5. The Kier molecular flexibility index (Phi) is 8.07. The number of hydrogen-bond donors (Lipinski definition) is 3. The van der Waals surface area contributed by atoms with Gasteiger partial charge in [-0.2, -0.15) is 0 Å². The highest BCUT2D eigenvalue weighted by Crippen LogP contribution is 2.38. The molecule has 0 saturated carbocycles. The molecular weight excluding hydrogens is 546 g/mol. The number of anilines is 1. The summed E-state index contributed by atoms with van der Waals surface area (Å²) in [4.78, 5) is 61.3. The van der Waals surface area contributed by atoms with Gasteiger partial charge >= 0.3 is 12.0 Å². The predicted molar refractivity (Wildman–Crippen MR) is 162 cm³/mol. The van der Waals surface area contributed by atoms with Crippen LogP contribution in [0.25, 0.3) is 11.1 Å². The highest BCUT2D eigenvalue weighted by Gasteiger charge is 2.60. The largest absolute Gasteiger partial charge is 0.480 e. The number of aromatic nitrogens is 1. The number of carbonyl (C=O) groups excluding carboxylic acids is 3. The van der Waals surface area contributed by atoms with Gasteiger partial charge in [-0.15, -0.1) is 0 Å². The van der Waals surface area contributed by atoms with Crippen molar-refractivity contribution >= 4 is 29.5 Å². The first kappa shape index (κ1) is 29.9. The van der Waals surface area contributed by atoms with E-state index in [1.807, 2.05) is 66.4 Å². The van der Waals surface area contributed by atoms with Gasteiger partial charge < -0.3 is 15.7 Å². The van der Waals surface area contributed by atoms with Crippen LogP contribution in [0.15, 0.2) is 72.9 Å². The van der Waals surface area contributed by atoms with Gasteiger partial charge in [0.25, 0.3) is 5.91 Å². The maximum atomic E-state index is 14.2. The van der Waals surface area contributed by atoms with Gasteiger partial charge in [0.2, 0.25) is 5.91 Å². The minimum Gasteiger partial charge on any atom is -0.480 e. The normalized spacial score (nSPS) is 21.5. The molecular formula is C33H37N5O5. The Balaban J connectivity index is 1.46. The zero-order valence-electron chi connectivity index (χ0n) is 24.8. The molecule has 2 aliphatic rings. The van der Waals surface area contributed by atoms with Crippen LogP contribution in [0, 0.1) is 18.3 Å². The molecule has 0 radical (unpaired) electrons. The van der Waals surface area contributed by atoms with Gasteiger partial charge in [-0.1, -0.05) is 69.3 Å². The summed E-state index contributed by atoms with van der Waals surface area (Å²) in [7, 11) is 0. The standard InChI is InChI=1S/C33H37N5O5/c1-21-9-8-17-34-26(21)20-37-18-16-33(25(19-37)28(39)35-27(29(40)41)32(2,3)4)30(42)38(31(43)36-33)24-14-12-23(13-15-24)22-10-6-5-7-11-22/h5-15,17,25,27H,16,18-20H2,1-4H3,(H,35,39)(H,36,43)(H,40,41). The maximum Gasteiger partial charge on any atom is 0.329 e. The molecule has 43 heavy (non-hydrogen) atoms. The van der Waals surface area contributed by atoms with Crippen LogP contribution in [0.3, 0.4) is 0 Å². The molecule has 10 nitrogen and oxygen atoms in total. The van der Waals surface area contributed by atoms with Crippen LogP contribution in [-0.2, 0) is 20.9 Å². The van der Waals surface area contributed by atoms with E-state index in [9.17, 15) is 24.3 Å². The summed E-state index contributed by atoms with van der Waals surface area (Å²) in [6.07, 6.45) is 1.88. The fourth-order valence-electron chi connectivity index (χ4n) is 5.92. The number of pyridine rings is 1. The van der Waals surface area contributed by atoms with Crippen molar-refractivity contribution in [1.82, 2.24) is 20.5 Å². The van der Waals surface area contributed by atoms with Crippen LogP contribution >= 0.6 is 0 Å². The lowest BCUT2D eigenvalue weighted by Crippen LogP contribution is -2.66. The predicted octanol–water partition coefficient (Wildman–Crippen LogP) is 3.99. The van der Waals surface area contributed by atoms with Crippen molar-refractivity contribution in [1.29, 1.82) is 0 Å². The van der Waals surface area contributed by atoms with Crippen molar-refractivity contribution < 1.29 is 24.3 Å². The number of nitrogens with one attached hydrogen (secondary N) is 2. The number of aliphatic carboxylic acids is 1. The third kappa shape index (κ3) is 5.87. The van der Waals surface area contributed by atoms with Gasteiger partial charge in [-0.3, -0.25) is 19.5 Å². The molecule has 3 N–H and O–H groups in total. The van der Waals surface area contributed by atoms with Gasteiger partial charge in [-0.25, -0.2) is 14.5 Å². The number of benzene rings is 2. The Hall–Kier alpha value is -4.57. The van der Waals surface area contributed by atoms with Gasteiger partial charge in [0.1, 0.15) is 11.6 Å². The maximum absolute atomic E-state index is 14.2. The highest BCUT2D eigenvalue weighted by molar-refractivity contribution is 6.24. The van der Waals surface area contributed by atoms with Crippen LogP contribution < -0.4 is 15.5 Å². The fourth-order valence-corrected chi connectivity index (χ4v) is 5.92. The third-order valence-corrected chi connectivity index (χ3v) is 8.42. The smallest absolute Gasteiger partial charge is 0.329 e. The fraction of sp³-hybridized carbons (Fsp3) is 0.364. The summed E-state index contributed by atoms with van der Waals surface area (Å²) in [6, 6.07) is 18.9. The van der Waals surface area contributed by atoms with E-state index in [4.69, 9.17) is 0 Å². The number of carbonyl (C=O) groups is 4. The van der Waals surface area contributed by atoms with Crippen molar-refractivity contribution in [3.63, 3.8) is 0 Å². The monoisotopic (exact) mass is 583 g/mol. The molecule has 2 aromatic carbocycles. The SMILES string of the molecule is Cc1cccnc1CN1CCC2(NC(=O)N(c3ccc(-c4ccccc4)cc3)C2=O)C(C(=O)NC(C(=O)O)C(C)(C)C)C1. The molecule has 3 unspecified atom stereocenters. The molecule has 1 aromatic heterocycles. The molecule has 3 aromatic rings. The average molecular weight is 584 g/mol. The van der Waals surface area contributed by atoms with Gasteiger partial charge in [0.05, 0.1) is 17.3 Å². The molecule has 224 valence electrons. The second kappa shape index (κ2) is 11.6. The van der Waals surface area contributed by atoms with Crippen LogP contribution in [0.4, 0.5) is 10.5 Å². The third-order valence-electron chi connectivity index (χ3n) is 8.42. The summed E-state index contributed by atoms with van der Waals surface area (Å²) in [6.45, 7) is 8.13. The van der Waals surface area contributed by atoms with E-state index >= 15 is 0 Å². The van der Waals surface area contributed by atoms with Crippen LogP contribution in [-0.4, -0.2) is 63.5 Å². The second-order valence-electron chi connectivity index (χ2n) is 12.4. The molecule has 0 aliphatic carbocycles. The van der Waals surface area contributed by atoms with Gasteiger partial charge in [0, 0.05) is 25.8 Å². The average Bonchev–Trinajstić information content (AvgIpc) is 3.22. The van der Waals surface area contributed by atoms with E-state index in [0.717, 1.165) is 27.3 Å². The number of rotatable bonds is 7. The van der Waals surface area contributed by atoms with Crippen LogP contribution in [0.1, 0.15) is 38.4 Å². The molecule has 2 saturated heterocycles. The number of hydrogen-bond acceptors (Lipinski definition) is 6. The van der Waals surface area contributed by atoms with E-state index < -0.39 is 46.7 Å². The van der Waals surface area contributed by atoms with Gasteiger partial charge in [-0.05, 0) is 53.6 Å². The van der Waals surface area contributed by atoms with E-state index in [0.29, 0.717) is 18.8 Å². The van der Waals surface area contributed by atoms with Crippen molar-refractivity contribution in [2.75, 3.05) is 18.0 Å². The second-order valence-corrected chi connectivity index (χ2v) is 12.4. The molecule has 0 bridgehead atoms. The number of amides is 4. The Morgan fingerprint density at radius 2 is 1.72 bits per heavy atom. The molecule has 10 heteroatoms. The summed E-state index contributed by atoms with van der Waals surface area (Å²) in [5.74, 6) is -3.34. The highest BCUT2D eigenvalue weighted by atomic mass is 16.4. The number of likely N-dealkylation sites (tertiary alicyclic amines) is 1.